The number of nitrogens with one attached hydrogen (secondary N) is 1. The molecule has 2 N–H and O–H groups in total. The molecule has 5 heteroatoms. The van der Waals surface area contributed by atoms with E-state index in [4.69, 9.17) is 5.11 Å². The number of allylic oxidation sites excluding steroid dienone is 2. The third-order valence-electron chi connectivity index (χ3n) is 4.45. The lowest BCUT2D eigenvalue weighted by atomic mass is 10.1. The highest BCUT2D eigenvalue weighted by Crippen LogP contribution is 2.09. The van der Waals surface area contributed by atoms with E-state index in [9.17, 15) is 9.59 Å². The molecule has 0 bridgehead atoms. The standard InChI is InChI=1S/C22H41NO4/c1-2-3-4-5-6-7-8-9-10-11-12-13-14-15-16-17-21(25)23-20-22(26)27-19-18-24/h9-10,24H,2-8,11-20H2,1H3,(H,23,25)/b10-9-. The molecule has 5 nitrogen and oxygen atoms in total. The summed E-state index contributed by atoms with van der Waals surface area (Å²) in [6, 6.07) is 0. The summed E-state index contributed by atoms with van der Waals surface area (Å²) in [7, 11) is 0. The molecule has 0 aliphatic rings. The molecular weight excluding hydrogens is 342 g/mol. The summed E-state index contributed by atoms with van der Waals surface area (Å²) in [5.74, 6) is -0.629. The van der Waals surface area contributed by atoms with Gasteiger partial charge in [0, 0.05) is 6.42 Å². The molecule has 0 aromatic carbocycles. The molecule has 0 spiro atoms. The number of ether oxygens (including phenoxy) is 1. The van der Waals surface area contributed by atoms with Crippen LogP contribution in [0.25, 0.3) is 0 Å². The molecule has 0 aliphatic carbocycles. The van der Waals surface area contributed by atoms with Crippen molar-refractivity contribution < 1.29 is 19.4 Å². The molecule has 0 aromatic heterocycles. The van der Waals surface area contributed by atoms with Crippen LogP contribution < -0.4 is 5.32 Å². The van der Waals surface area contributed by atoms with Crippen molar-refractivity contribution in [2.75, 3.05) is 19.8 Å². The van der Waals surface area contributed by atoms with Crippen molar-refractivity contribution in [2.24, 2.45) is 0 Å². The van der Waals surface area contributed by atoms with Crippen molar-refractivity contribution in [3.63, 3.8) is 0 Å². The van der Waals surface area contributed by atoms with Gasteiger partial charge in [-0.05, 0) is 32.1 Å². The quantitative estimate of drug-likeness (QED) is 0.193. The number of hydrogen-bond donors (Lipinski definition) is 2. The highest BCUT2D eigenvalue weighted by atomic mass is 16.5. The lowest BCUT2D eigenvalue weighted by Crippen LogP contribution is -2.30. The Kier molecular flexibility index (Phi) is 19.9. The van der Waals surface area contributed by atoms with Crippen LogP contribution in [0, 0.1) is 0 Å². The number of unbranched alkanes of at least 4 members (excludes halogenated alkanes) is 11. The zero-order chi connectivity index (χ0) is 20.0. The van der Waals surface area contributed by atoms with Gasteiger partial charge in [-0.2, -0.15) is 0 Å². The van der Waals surface area contributed by atoms with Gasteiger partial charge in [-0.15, -0.1) is 0 Å². The van der Waals surface area contributed by atoms with Crippen LogP contribution >= 0.6 is 0 Å². The Balaban J connectivity index is 3.29. The molecule has 0 saturated carbocycles. The van der Waals surface area contributed by atoms with E-state index in [1.54, 1.807) is 0 Å². The van der Waals surface area contributed by atoms with Crippen LogP contribution in [0.3, 0.4) is 0 Å². The van der Waals surface area contributed by atoms with Gasteiger partial charge in [0.05, 0.1) is 6.61 Å². The summed E-state index contributed by atoms with van der Waals surface area (Å²) in [6.45, 7) is 1.91. The lowest BCUT2D eigenvalue weighted by molar-refractivity contribution is -0.144. The number of carbonyl (C=O) groups is 2. The van der Waals surface area contributed by atoms with Gasteiger partial charge < -0.3 is 15.2 Å². The lowest BCUT2D eigenvalue weighted by Gasteiger charge is -2.05. The predicted molar refractivity (Wildman–Crippen MR) is 111 cm³/mol. The van der Waals surface area contributed by atoms with E-state index >= 15 is 0 Å². The second-order valence-corrected chi connectivity index (χ2v) is 7.06. The van der Waals surface area contributed by atoms with E-state index in [-0.39, 0.29) is 25.7 Å². The molecule has 0 saturated heterocycles. The van der Waals surface area contributed by atoms with Crippen molar-refractivity contribution in [1.29, 1.82) is 0 Å². The summed E-state index contributed by atoms with van der Waals surface area (Å²) in [4.78, 5) is 22.7. The van der Waals surface area contributed by atoms with Crippen LogP contribution in [0.2, 0.25) is 0 Å². The topological polar surface area (TPSA) is 75.6 Å². The number of amides is 1. The van der Waals surface area contributed by atoms with Gasteiger partial charge in [0.25, 0.3) is 0 Å². The first-order valence-electron chi connectivity index (χ1n) is 10.9. The molecule has 27 heavy (non-hydrogen) atoms. The van der Waals surface area contributed by atoms with Gasteiger partial charge in [-0.3, -0.25) is 9.59 Å². The van der Waals surface area contributed by atoms with E-state index in [0.717, 1.165) is 25.7 Å². The minimum Gasteiger partial charge on any atom is -0.462 e. The summed E-state index contributed by atoms with van der Waals surface area (Å²) >= 11 is 0. The van der Waals surface area contributed by atoms with Gasteiger partial charge >= 0.3 is 5.97 Å². The van der Waals surface area contributed by atoms with E-state index < -0.39 is 5.97 Å². The van der Waals surface area contributed by atoms with Gasteiger partial charge in [-0.1, -0.05) is 70.4 Å². The van der Waals surface area contributed by atoms with Gasteiger partial charge in [0.2, 0.25) is 5.91 Å². The summed E-state index contributed by atoms with van der Waals surface area (Å²) in [5.41, 5.74) is 0. The Morgan fingerprint density at radius 2 is 1.41 bits per heavy atom. The SMILES string of the molecule is CCCCCCCC/C=C\CCCCCCCC(=O)NCC(=O)OCCO. The predicted octanol–water partition coefficient (Wildman–Crippen LogP) is 4.68. The zero-order valence-electron chi connectivity index (χ0n) is 17.3. The molecular formula is C22H41NO4. The average Bonchev–Trinajstić information content (AvgIpc) is 2.67. The number of rotatable bonds is 19. The van der Waals surface area contributed by atoms with Crippen molar-refractivity contribution >= 4 is 11.9 Å². The smallest absolute Gasteiger partial charge is 0.325 e. The summed E-state index contributed by atoms with van der Waals surface area (Å²) in [5, 5.41) is 11.1. The third-order valence-corrected chi connectivity index (χ3v) is 4.45. The molecule has 0 radical (unpaired) electrons. The van der Waals surface area contributed by atoms with E-state index in [0.29, 0.717) is 6.42 Å². The third kappa shape index (κ3) is 20.8. The van der Waals surface area contributed by atoms with Crippen LogP contribution in [0.4, 0.5) is 0 Å². The fraction of sp³-hybridized carbons (Fsp3) is 0.818. The maximum Gasteiger partial charge on any atom is 0.325 e. The number of hydrogen-bond acceptors (Lipinski definition) is 4. The molecule has 0 rings (SSSR count). The largest absolute Gasteiger partial charge is 0.462 e. The molecule has 0 aromatic rings. The molecule has 158 valence electrons. The molecule has 0 unspecified atom stereocenters. The Morgan fingerprint density at radius 3 is 2.00 bits per heavy atom. The van der Waals surface area contributed by atoms with Gasteiger partial charge in [-0.25, -0.2) is 0 Å². The van der Waals surface area contributed by atoms with E-state index in [1.165, 1.54) is 57.8 Å². The van der Waals surface area contributed by atoms with Gasteiger partial charge in [0.15, 0.2) is 0 Å². The van der Waals surface area contributed by atoms with Crippen LogP contribution in [0.15, 0.2) is 12.2 Å². The Morgan fingerprint density at radius 1 is 0.852 bits per heavy atom. The number of esters is 1. The molecule has 1 amide bonds. The second kappa shape index (κ2) is 20.9. The number of carbonyl (C=O) groups excluding carboxylic acids is 2. The van der Waals surface area contributed by atoms with Crippen LogP contribution in [0.5, 0.6) is 0 Å². The minimum atomic E-state index is -0.512. The highest BCUT2D eigenvalue weighted by molar-refractivity contribution is 5.81. The Hall–Kier alpha value is -1.36. The first kappa shape index (κ1) is 25.6. The fourth-order valence-corrected chi connectivity index (χ4v) is 2.83. The average molecular weight is 384 g/mol. The molecule has 0 heterocycles. The second-order valence-electron chi connectivity index (χ2n) is 7.06. The van der Waals surface area contributed by atoms with Crippen molar-refractivity contribution in [1.82, 2.24) is 5.32 Å². The van der Waals surface area contributed by atoms with Gasteiger partial charge in [0.1, 0.15) is 13.2 Å². The molecule has 0 fully saturated rings. The fourth-order valence-electron chi connectivity index (χ4n) is 2.83. The number of aliphatic hydroxyl groups is 1. The summed E-state index contributed by atoms with van der Waals surface area (Å²) in [6.07, 6.45) is 21.1. The highest BCUT2D eigenvalue weighted by Gasteiger charge is 2.05. The normalized spacial score (nSPS) is 11.0. The van der Waals surface area contributed by atoms with Crippen LogP contribution in [-0.4, -0.2) is 36.7 Å². The van der Waals surface area contributed by atoms with Crippen molar-refractivity contribution in [3.8, 4) is 0 Å². The Labute approximate surface area is 165 Å². The van der Waals surface area contributed by atoms with Crippen molar-refractivity contribution in [3.05, 3.63) is 12.2 Å². The molecule has 0 atom stereocenters. The van der Waals surface area contributed by atoms with Crippen LogP contribution in [-0.2, 0) is 14.3 Å². The summed E-state index contributed by atoms with van der Waals surface area (Å²) < 4.78 is 4.66. The van der Waals surface area contributed by atoms with E-state index in [2.05, 4.69) is 29.1 Å². The monoisotopic (exact) mass is 383 g/mol. The molecule has 0 aliphatic heterocycles. The maximum atomic E-state index is 11.6. The maximum absolute atomic E-state index is 11.6. The van der Waals surface area contributed by atoms with Crippen molar-refractivity contribution in [2.45, 2.75) is 96.8 Å². The Bertz CT molecular complexity index is 383. The first-order valence-corrected chi connectivity index (χ1v) is 10.9. The zero-order valence-corrected chi connectivity index (χ0v) is 17.3. The number of aliphatic hydroxyl groups excluding tert-OH is 1. The minimum absolute atomic E-state index is 0.0249. The first-order chi connectivity index (χ1) is 13.2. The van der Waals surface area contributed by atoms with E-state index in [1.807, 2.05) is 0 Å². The van der Waals surface area contributed by atoms with Crippen LogP contribution in [0.1, 0.15) is 96.8 Å².